The Morgan fingerprint density at radius 1 is 1.10 bits per heavy atom. The van der Waals surface area contributed by atoms with Crippen LogP contribution in [0.4, 0.5) is 5.69 Å². The minimum atomic E-state index is 0.306. The maximum Gasteiger partial charge on any atom is 0.226 e. The molecule has 0 bridgehead atoms. The number of piperazine rings is 1. The predicted octanol–water partition coefficient (Wildman–Crippen LogP) is 2.91. The molecular formula is C17H24N2O. The molecule has 3 nitrogen and oxygen atoms in total. The smallest absolute Gasteiger partial charge is 0.226 e. The second-order valence-electron chi connectivity index (χ2n) is 6.14. The van der Waals surface area contributed by atoms with E-state index < -0.39 is 0 Å². The first-order valence-electron chi connectivity index (χ1n) is 7.86. The fourth-order valence-corrected chi connectivity index (χ4v) is 3.57. The molecule has 1 atom stereocenters. The lowest BCUT2D eigenvalue weighted by atomic mass is 10.0. The fraction of sp³-hybridized carbons (Fsp3) is 0.588. The van der Waals surface area contributed by atoms with Gasteiger partial charge in [0.2, 0.25) is 5.91 Å². The molecule has 108 valence electrons. The van der Waals surface area contributed by atoms with Gasteiger partial charge < -0.3 is 9.80 Å². The Kier molecular flexibility index (Phi) is 3.95. The van der Waals surface area contributed by atoms with Crippen molar-refractivity contribution in [3.8, 4) is 0 Å². The van der Waals surface area contributed by atoms with Crippen LogP contribution in [0.15, 0.2) is 30.3 Å². The van der Waals surface area contributed by atoms with E-state index in [0.29, 0.717) is 17.9 Å². The summed E-state index contributed by atoms with van der Waals surface area (Å²) in [6.07, 6.45) is 4.67. The standard InChI is InChI=1S/C17H24N2O/c1-14-13-18(16-9-3-2-4-10-16)11-12-19(14)17(20)15-7-5-6-8-15/h2-4,9-10,14-15H,5-8,11-13H2,1H3. The van der Waals surface area contributed by atoms with E-state index in [-0.39, 0.29) is 0 Å². The molecule has 0 spiro atoms. The fourth-order valence-electron chi connectivity index (χ4n) is 3.57. The van der Waals surface area contributed by atoms with Crippen molar-refractivity contribution >= 4 is 11.6 Å². The number of nitrogens with zero attached hydrogens (tertiary/aromatic N) is 2. The summed E-state index contributed by atoms with van der Waals surface area (Å²) in [7, 11) is 0. The van der Waals surface area contributed by atoms with E-state index in [1.54, 1.807) is 0 Å². The molecule has 2 fully saturated rings. The molecular weight excluding hydrogens is 248 g/mol. The summed E-state index contributed by atoms with van der Waals surface area (Å²) in [6.45, 7) is 4.95. The molecule has 1 aromatic rings. The zero-order valence-corrected chi connectivity index (χ0v) is 12.3. The number of hydrogen-bond donors (Lipinski definition) is 0. The molecule has 0 aromatic heterocycles. The lowest BCUT2D eigenvalue weighted by molar-refractivity contribution is -0.137. The Labute approximate surface area is 121 Å². The summed E-state index contributed by atoms with van der Waals surface area (Å²) < 4.78 is 0. The summed E-state index contributed by atoms with van der Waals surface area (Å²) in [5, 5.41) is 0. The average molecular weight is 272 g/mol. The molecule has 1 saturated carbocycles. The Morgan fingerprint density at radius 2 is 1.80 bits per heavy atom. The molecule has 3 rings (SSSR count). The van der Waals surface area contributed by atoms with Gasteiger partial charge in [-0.2, -0.15) is 0 Å². The normalized spacial score (nSPS) is 24.1. The molecule has 1 unspecified atom stereocenters. The minimum Gasteiger partial charge on any atom is -0.368 e. The van der Waals surface area contributed by atoms with Crippen molar-refractivity contribution in [2.75, 3.05) is 24.5 Å². The summed E-state index contributed by atoms with van der Waals surface area (Å²) >= 11 is 0. The lowest BCUT2D eigenvalue weighted by Gasteiger charge is -2.42. The highest BCUT2D eigenvalue weighted by Gasteiger charge is 2.32. The molecule has 1 aliphatic heterocycles. The van der Waals surface area contributed by atoms with Crippen LogP contribution in [-0.4, -0.2) is 36.5 Å². The molecule has 1 heterocycles. The van der Waals surface area contributed by atoms with Crippen LogP contribution in [0.5, 0.6) is 0 Å². The number of rotatable bonds is 2. The van der Waals surface area contributed by atoms with Gasteiger partial charge in [-0.25, -0.2) is 0 Å². The van der Waals surface area contributed by atoms with Crippen LogP contribution in [0.3, 0.4) is 0 Å². The highest BCUT2D eigenvalue weighted by Crippen LogP contribution is 2.28. The van der Waals surface area contributed by atoms with Crippen LogP contribution >= 0.6 is 0 Å². The van der Waals surface area contributed by atoms with Crippen molar-refractivity contribution in [3.63, 3.8) is 0 Å². The van der Waals surface area contributed by atoms with Crippen molar-refractivity contribution in [3.05, 3.63) is 30.3 Å². The number of anilines is 1. The SMILES string of the molecule is CC1CN(c2ccccc2)CCN1C(=O)C1CCCC1. The van der Waals surface area contributed by atoms with Gasteiger partial charge in [0.25, 0.3) is 0 Å². The van der Waals surface area contributed by atoms with Gasteiger partial charge in [0.1, 0.15) is 0 Å². The van der Waals surface area contributed by atoms with E-state index in [1.165, 1.54) is 18.5 Å². The van der Waals surface area contributed by atoms with Crippen LogP contribution in [-0.2, 0) is 4.79 Å². The highest BCUT2D eigenvalue weighted by molar-refractivity contribution is 5.79. The average Bonchev–Trinajstić information content (AvgIpc) is 3.01. The topological polar surface area (TPSA) is 23.6 Å². The van der Waals surface area contributed by atoms with Gasteiger partial charge >= 0.3 is 0 Å². The molecule has 2 aliphatic rings. The van der Waals surface area contributed by atoms with Gasteiger partial charge in [0, 0.05) is 37.3 Å². The maximum absolute atomic E-state index is 12.6. The molecule has 20 heavy (non-hydrogen) atoms. The first-order chi connectivity index (χ1) is 9.75. The molecule has 0 N–H and O–H groups in total. The van der Waals surface area contributed by atoms with Crippen LogP contribution < -0.4 is 4.90 Å². The maximum atomic E-state index is 12.6. The predicted molar refractivity (Wildman–Crippen MR) is 81.8 cm³/mol. The zero-order chi connectivity index (χ0) is 13.9. The third-order valence-corrected chi connectivity index (χ3v) is 4.74. The van der Waals surface area contributed by atoms with Gasteiger partial charge in [-0.15, -0.1) is 0 Å². The van der Waals surface area contributed by atoms with E-state index in [1.807, 2.05) is 6.07 Å². The third kappa shape index (κ3) is 2.67. The van der Waals surface area contributed by atoms with Crippen LogP contribution in [0.25, 0.3) is 0 Å². The quantitative estimate of drug-likeness (QED) is 0.826. The molecule has 1 aromatic carbocycles. The number of hydrogen-bond acceptors (Lipinski definition) is 2. The van der Waals surface area contributed by atoms with E-state index in [4.69, 9.17) is 0 Å². The van der Waals surface area contributed by atoms with Crippen LogP contribution in [0.1, 0.15) is 32.6 Å². The van der Waals surface area contributed by atoms with Gasteiger partial charge in [-0.3, -0.25) is 4.79 Å². The number of benzene rings is 1. The summed E-state index contributed by atoms with van der Waals surface area (Å²) in [5.41, 5.74) is 1.27. The Balaban J connectivity index is 1.63. The zero-order valence-electron chi connectivity index (χ0n) is 12.3. The Morgan fingerprint density at radius 3 is 2.45 bits per heavy atom. The number of carbonyl (C=O) groups excluding carboxylic acids is 1. The highest BCUT2D eigenvalue weighted by atomic mass is 16.2. The van der Waals surface area contributed by atoms with Gasteiger partial charge in [0.05, 0.1) is 0 Å². The monoisotopic (exact) mass is 272 g/mol. The van der Waals surface area contributed by atoms with Crippen molar-refractivity contribution in [1.82, 2.24) is 4.90 Å². The number of amides is 1. The number of carbonyl (C=O) groups is 1. The first kappa shape index (κ1) is 13.5. The molecule has 3 heteroatoms. The summed E-state index contributed by atoms with van der Waals surface area (Å²) in [5.74, 6) is 0.712. The van der Waals surface area contributed by atoms with E-state index in [9.17, 15) is 4.79 Å². The molecule has 1 amide bonds. The molecule has 0 radical (unpaired) electrons. The second-order valence-corrected chi connectivity index (χ2v) is 6.14. The van der Waals surface area contributed by atoms with E-state index >= 15 is 0 Å². The van der Waals surface area contributed by atoms with Crippen molar-refractivity contribution < 1.29 is 4.79 Å². The Bertz CT molecular complexity index is 453. The molecule has 1 saturated heterocycles. The van der Waals surface area contributed by atoms with Crippen molar-refractivity contribution in [1.29, 1.82) is 0 Å². The van der Waals surface area contributed by atoms with E-state index in [0.717, 1.165) is 32.5 Å². The van der Waals surface area contributed by atoms with Gasteiger partial charge in [-0.1, -0.05) is 31.0 Å². The van der Waals surface area contributed by atoms with Crippen molar-refractivity contribution in [2.24, 2.45) is 5.92 Å². The largest absolute Gasteiger partial charge is 0.368 e. The first-order valence-corrected chi connectivity index (χ1v) is 7.86. The van der Waals surface area contributed by atoms with Crippen LogP contribution in [0, 0.1) is 5.92 Å². The van der Waals surface area contributed by atoms with Gasteiger partial charge in [0.15, 0.2) is 0 Å². The third-order valence-electron chi connectivity index (χ3n) is 4.74. The Hall–Kier alpha value is -1.51. The summed E-state index contributed by atoms with van der Waals surface area (Å²) in [4.78, 5) is 17.1. The number of para-hydroxylation sites is 1. The van der Waals surface area contributed by atoms with Gasteiger partial charge in [-0.05, 0) is 31.9 Å². The second kappa shape index (κ2) is 5.86. The van der Waals surface area contributed by atoms with Crippen LogP contribution in [0.2, 0.25) is 0 Å². The van der Waals surface area contributed by atoms with Crippen molar-refractivity contribution in [2.45, 2.75) is 38.6 Å². The summed E-state index contributed by atoms with van der Waals surface area (Å²) in [6, 6.07) is 10.8. The van der Waals surface area contributed by atoms with E-state index in [2.05, 4.69) is 41.0 Å². The lowest BCUT2D eigenvalue weighted by Crippen LogP contribution is -2.55. The molecule has 1 aliphatic carbocycles. The minimum absolute atomic E-state index is 0.306.